The van der Waals surface area contributed by atoms with Crippen molar-refractivity contribution in [2.45, 2.75) is 19.5 Å². The second kappa shape index (κ2) is 9.54. The second-order valence-corrected chi connectivity index (χ2v) is 6.99. The van der Waals surface area contributed by atoms with E-state index in [1.54, 1.807) is 16.7 Å². The average molecular weight is 417 g/mol. The molecule has 0 saturated heterocycles. The van der Waals surface area contributed by atoms with Crippen molar-refractivity contribution in [3.63, 3.8) is 0 Å². The maximum absolute atomic E-state index is 14.0. The van der Waals surface area contributed by atoms with E-state index in [0.717, 1.165) is 10.9 Å². The van der Waals surface area contributed by atoms with E-state index in [-0.39, 0.29) is 29.3 Å². The molecule has 0 saturated carbocycles. The van der Waals surface area contributed by atoms with E-state index < -0.39 is 24.4 Å². The van der Waals surface area contributed by atoms with E-state index in [1.165, 1.54) is 13.0 Å². The minimum absolute atomic E-state index is 0.152. The summed E-state index contributed by atoms with van der Waals surface area (Å²) in [5.41, 5.74) is 0.0391. The summed E-state index contributed by atoms with van der Waals surface area (Å²) in [6.07, 6.45) is -3.88. The molecule has 0 atom stereocenters. The molecular weight excluding hydrogens is 398 g/mol. The van der Waals surface area contributed by atoms with Crippen LogP contribution in [0.1, 0.15) is 20.8 Å². The van der Waals surface area contributed by atoms with Gasteiger partial charge < -0.3 is 16.0 Å². The van der Waals surface area contributed by atoms with Crippen LogP contribution >= 0.6 is 11.3 Å². The molecule has 2 aromatic rings. The summed E-state index contributed by atoms with van der Waals surface area (Å²) >= 11 is 1.58. The number of halogens is 4. The molecule has 0 bridgehead atoms. The first-order valence-electron chi connectivity index (χ1n) is 8.34. The number of rotatable bonds is 8. The molecule has 0 aliphatic carbocycles. The summed E-state index contributed by atoms with van der Waals surface area (Å²) in [5.74, 6) is -2.15. The quantitative estimate of drug-likeness (QED) is 0.578. The Hall–Kier alpha value is -2.62. The lowest BCUT2D eigenvalue weighted by atomic mass is 10.1. The van der Waals surface area contributed by atoms with Crippen molar-refractivity contribution >= 4 is 28.8 Å². The smallest absolute Gasteiger partial charge is 0.376 e. The molecule has 152 valence electrons. The first-order valence-corrected chi connectivity index (χ1v) is 9.22. The van der Waals surface area contributed by atoms with Gasteiger partial charge in [0.2, 0.25) is 5.91 Å². The Kier molecular flexibility index (Phi) is 7.38. The summed E-state index contributed by atoms with van der Waals surface area (Å²) in [7, 11) is 0. The van der Waals surface area contributed by atoms with Crippen LogP contribution in [-0.2, 0) is 11.2 Å². The molecule has 0 unspecified atom stereocenters. The van der Waals surface area contributed by atoms with Gasteiger partial charge in [0.15, 0.2) is 0 Å². The fourth-order valence-electron chi connectivity index (χ4n) is 2.29. The summed E-state index contributed by atoms with van der Waals surface area (Å²) in [6, 6.07) is 5.94. The van der Waals surface area contributed by atoms with Crippen molar-refractivity contribution in [2.75, 3.05) is 25.0 Å². The van der Waals surface area contributed by atoms with Gasteiger partial charge in [-0.2, -0.15) is 13.2 Å². The van der Waals surface area contributed by atoms with Crippen molar-refractivity contribution in [3.8, 4) is 0 Å². The molecule has 5 nitrogen and oxygen atoms in total. The molecule has 28 heavy (non-hydrogen) atoms. The molecule has 0 spiro atoms. The van der Waals surface area contributed by atoms with E-state index in [4.69, 9.17) is 0 Å². The number of hydrogen-bond acceptors (Lipinski definition) is 4. The van der Waals surface area contributed by atoms with Gasteiger partial charge in [-0.15, -0.1) is 11.3 Å². The SMILES string of the molecule is Cc1c(F)cc(C(=O)NCC(F)(F)F)cc1NCC(=O)NCCc1cccs1. The molecule has 0 fully saturated rings. The molecule has 0 aliphatic heterocycles. The highest BCUT2D eigenvalue weighted by Crippen LogP contribution is 2.21. The van der Waals surface area contributed by atoms with Crippen LogP contribution < -0.4 is 16.0 Å². The molecular formula is C18H19F4N3O2S. The average Bonchev–Trinajstić information content (AvgIpc) is 3.13. The summed E-state index contributed by atoms with van der Waals surface area (Å²) in [4.78, 5) is 24.8. The molecule has 2 rings (SSSR count). The van der Waals surface area contributed by atoms with Gasteiger partial charge in [-0.05, 0) is 36.9 Å². The number of hydrogen-bond donors (Lipinski definition) is 3. The lowest BCUT2D eigenvalue weighted by molar-refractivity contribution is -0.123. The van der Waals surface area contributed by atoms with E-state index in [2.05, 4.69) is 10.6 Å². The molecule has 1 aromatic heterocycles. The molecule has 0 radical (unpaired) electrons. The van der Waals surface area contributed by atoms with Gasteiger partial charge in [0.25, 0.3) is 5.91 Å². The highest BCUT2D eigenvalue weighted by Gasteiger charge is 2.28. The zero-order valence-corrected chi connectivity index (χ0v) is 15.8. The minimum atomic E-state index is -4.57. The Balaban J connectivity index is 1.92. The van der Waals surface area contributed by atoms with Crippen LogP contribution in [0.2, 0.25) is 0 Å². The zero-order chi connectivity index (χ0) is 20.7. The number of thiophene rings is 1. The third kappa shape index (κ3) is 6.84. The molecule has 0 aliphatic rings. The number of alkyl halides is 3. The Labute approximate surface area is 163 Å². The highest BCUT2D eigenvalue weighted by molar-refractivity contribution is 7.09. The van der Waals surface area contributed by atoms with Crippen LogP contribution in [0.3, 0.4) is 0 Å². The van der Waals surface area contributed by atoms with Crippen LogP contribution in [0.15, 0.2) is 29.6 Å². The second-order valence-electron chi connectivity index (χ2n) is 5.96. The van der Waals surface area contributed by atoms with Crippen molar-refractivity contribution in [3.05, 3.63) is 51.5 Å². The number of carbonyl (C=O) groups excluding carboxylic acids is 2. The van der Waals surface area contributed by atoms with Gasteiger partial charge in [0, 0.05) is 28.2 Å². The number of anilines is 1. The summed E-state index contributed by atoms with van der Waals surface area (Å²) < 4.78 is 50.6. The molecule has 10 heteroatoms. The van der Waals surface area contributed by atoms with E-state index in [1.807, 2.05) is 17.5 Å². The summed E-state index contributed by atoms with van der Waals surface area (Å²) in [6.45, 7) is 0.188. The van der Waals surface area contributed by atoms with Gasteiger partial charge in [0.05, 0.1) is 6.54 Å². The van der Waals surface area contributed by atoms with Gasteiger partial charge >= 0.3 is 6.18 Å². The molecule has 2 amide bonds. The Bertz CT molecular complexity index is 823. The lowest BCUT2D eigenvalue weighted by Gasteiger charge is -2.13. The maximum Gasteiger partial charge on any atom is 0.405 e. The Morgan fingerprint density at radius 2 is 1.93 bits per heavy atom. The third-order valence-electron chi connectivity index (χ3n) is 3.77. The zero-order valence-electron chi connectivity index (χ0n) is 15.0. The predicted molar refractivity (Wildman–Crippen MR) is 99.0 cm³/mol. The molecule has 1 aromatic carbocycles. The van der Waals surface area contributed by atoms with E-state index >= 15 is 0 Å². The Morgan fingerprint density at radius 3 is 2.57 bits per heavy atom. The van der Waals surface area contributed by atoms with Gasteiger partial charge in [-0.1, -0.05) is 6.07 Å². The minimum Gasteiger partial charge on any atom is -0.376 e. The fourth-order valence-corrected chi connectivity index (χ4v) is 3.00. The van der Waals surface area contributed by atoms with Crippen molar-refractivity contribution in [1.29, 1.82) is 0 Å². The van der Waals surface area contributed by atoms with Crippen LogP contribution in [0.5, 0.6) is 0 Å². The standard InChI is InChI=1S/C18H19F4N3O2S/c1-11-14(19)7-12(17(27)25-10-18(20,21)22)8-15(11)24-9-16(26)23-5-4-13-3-2-6-28-13/h2-3,6-8,24H,4-5,9-10H2,1H3,(H,23,26)(H,25,27). The van der Waals surface area contributed by atoms with E-state index in [9.17, 15) is 27.2 Å². The normalized spacial score (nSPS) is 11.2. The van der Waals surface area contributed by atoms with Crippen molar-refractivity contribution < 1.29 is 27.2 Å². The van der Waals surface area contributed by atoms with E-state index in [0.29, 0.717) is 13.0 Å². The topological polar surface area (TPSA) is 70.2 Å². The monoisotopic (exact) mass is 417 g/mol. The number of amides is 2. The number of nitrogens with one attached hydrogen (secondary N) is 3. The largest absolute Gasteiger partial charge is 0.405 e. The van der Waals surface area contributed by atoms with Crippen molar-refractivity contribution in [1.82, 2.24) is 10.6 Å². The molecule has 1 heterocycles. The first-order chi connectivity index (χ1) is 13.2. The van der Waals surface area contributed by atoms with Gasteiger partial charge in [0.1, 0.15) is 12.4 Å². The van der Waals surface area contributed by atoms with Crippen molar-refractivity contribution in [2.24, 2.45) is 0 Å². The predicted octanol–water partition coefficient (Wildman–Crippen LogP) is 3.26. The fraction of sp³-hybridized carbons (Fsp3) is 0.333. The Morgan fingerprint density at radius 1 is 1.18 bits per heavy atom. The lowest BCUT2D eigenvalue weighted by Crippen LogP contribution is -2.34. The third-order valence-corrected chi connectivity index (χ3v) is 4.71. The molecule has 3 N–H and O–H groups in total. The summed E-state index contributed by atoms with van der Waals surface area (Å²) in [5, 5.41) is 9.04. The van der Waals surface area contributed by atoms with Crippen LogP contribution in [-0.4, -0.2) is 37.6 Å². The van der Waals surface area contributed by atoms with Gasteiger partial charge in [-0.3, -0.25) is 9.59 Å². The van der Waals surface area contributed by atoms with Crippen LogP contribution in [0, 0.1) is 12.7 Å². The first kappa shape index (κ1) is 21.7. The van der Waals surface area contributed by atoms with Gasteiger partial charge in [-0.25, -0.2) is 4.39 Å². The number of carbonyl (C=O) groups is 2. The maximum atomic E-state index is 14.0. The number of benzene rings is 1. The highest BCUT2D eigenvalue weighted by atomic mass is 32.1. The van der Waals surface area contributed by atoms with Crippen LogP contribution in [0.4, 0.5) is 23.2 Å². The van der Waals surface area contributed by atoms with Crippen LogP contribution in [0.25, 0.3) is 0 Å².